The van der Waals surface area contributed by atoms with Crippen LogP contribution in [0.1, 0.15) is 29.2 Å². The molecule has 0 bridgehead atoms. The van der Waals surface area contributed by atoms with Crippen LogP contribution in [-0.4, -0.2) is 32.9 Å². The zero-order valence-corrected chi connectivity index (χ0v) is 10.3. The molecular weight excluding hydrogens is 246 g/mol. The lowest BCUT2D eigenvalue weighted by molar-refractivity contribution is 0.0550. The van der Waals surface area contributed by atoms with Crippen molar-refractivity contribution < 1.29 is 14.3 Å². The summed E-state index contributed by atoms with van der Waals surface area (Å²) in [4.78, 5) is 11.9. The molecule has 1 aliphatic rings. The Labute approximate surface area is 110 Å². The van der Waals surface area contributed by atoms with E-state index in [9.17, 15) is 4.79 Å². The van der Waals surface area contributed by atoms with Gasteiger partial charge in [-0.05, 0) is 31.0 Å². The number of aliphatic hydroxyl groups excluding tert-OH is 1. The van der Waals surface area contributed by atoms with Gasteiger partial charge in [-0.25, -0.2) is 0 Å². The van der Waals surface area contributed by atoms with Crippen LogP contribution in [0.15, 0.2) is 35.0 Å². The van der Waals surface area contributed by atoms with Gasteiger partial charge in [0.25, 0.3) is 5.91 Å². The lowest BCUT2D eigenvalue weighted by atomic mass is 9.89. The average Bonchev–Trinajstić information content (AvgIpc) is 2.99. The highest BCUT2D eigenvalue weighted by Crippen LogP contribution is 2.20. The molecule has 0 radical (unpaired) electrons. The van der Waals surface area contributed by atoms with Crippen LogP contribution in [0.5, 0.6) is 0 Å². The Balaban J connectivity index is 1.59. The number of carbonyl (C=O) groups is 1. The van der Waals surface area contributed by atoms with E-state index in [1.807, 2.05) is 12.3 Å². The molecule has 2 aromatic rings. The van der Waals surface area contributed by atoms with Gasteiger partial charge in [0.05, 0.1) is 12.6 Å². The molecule has 0 saturated heterocycles. The van der Waals surface area contributed by atoms with Crippen molar-refractivity contribution in [3.8, 4) is 0 Å². The Morgan fingerprint density at radius 3 is 3.05 bits per heavy atom. The van der Waals surface area contributed by atoms with Crippen LogP contribution in [0.25, 0.3) is 0 Å². The first-order valence-electron chi connectivity index (χ1n) is 6.26. The van der Waals surface area contributed by atoms with Gasteiger partial charge in [-0.3, -0.25) is 9.48 Å². The van der Waals surface area contributed by atoms with E-state index in [-0.39, 0.29) is 18.1 Å². The molecule has 0 aromatic carbocycles. The maximum absolute atomic E-state index is 11.9. The van der Waals surface area contributed by atoms with E-state index in [2.05, 4.69) is 10.4 Å². The Hall–Kier alpha value is -2.08. The fourth-order valence-electron chi connectivity index (χ4n) is 2.10. The summed E-state index contributed by atoms with van der Waals surface area (Å²) in [5, 5.41) is 16.1. The molecule has 19 heavy (non-hydrogen) atoms. The highest BCUT2D eigenvalue weighted by Gasteiger charge is 2.29. The van der Waals surface area contributed by atoms with Crippen molar-refractivity contribution in [1.82, 2.24) is 15.1 Å². The number of hydrogen-bond donors (Lipinski definition) is 2. The summed E-state index contributed by atoms with van der Waals surface area (Å²) < 4.78 is 7.20. The van der Waals surface area contributed by atoms with Crippen LogP contribution in [0, 0.1) is 0 Å². The summed E-state index contributed by atoms with van der Waals surface area (Å²) in [6.45, 7) is 0.502. The third-order valence-electron chi connectivity index (χ3n) is 3.21. The van der Waals surface area contributed by atoms with E-state index in [0.717, 1.165) is 0 Å². The molecule has 1 saturated carbocycles. The molecule has 0 aliphatic heterocycles. The van der Waals surface area contributed by atoms with Crippen LogP contribution in [0.3, 0.4) is 0 Å². The molecular formula is C13H15N3O3. The highest BCUT2D eigenvalue weighted by molar-refractivity contribution is 5.91. The third kappa shape index (κ3) is 2.68. The summed E-state index contributed by atoms with van der Waals surface area (Å²) in [5.74, 6) is 0.745. The molecule has 1 aliphatic carbocycles. The Bertz CT molecular complexity index is 555. The summed E-state index contributed by atoms with van der Waals surface area (Å²) in [5.41, 5.74) is 0. The minimum Gasteiger partial charge on any atom is -0.454 e. The van der Waals surface area contributed by atoms with E-state index in [4.69, 9.17) is 9.52 Å². The number of furan rings is 1. The van der Waals surface area contributed by atoms with Crippen molar-refractivity contribution in [1.29, 1.82) is 0 Å². The number of rotatable bonds is 4. The number of carbonyl (C=O) groups excluding carboxylic acids is 1. The van der Waals surface area contributed by atoms with Gasteiger partial charge in [-0.1, -0.05) is 0 Å². The number of amides is 1. The molecule has 0 atom stereocenters. The zero-order chi connectivity index (χ0) is 13.2. The van der Waals surface area contributed by atoms with Gasteiger partial charge in [-0.15, -0.1) is 0 Å². The molecule has 2 N–H and O–H groups in total. The van der Waals surface area contributed by atoms with Gasteiger partial charge in [0.15, 0.2) is 5.76 Å². The average molecular weight is 261 g/mol. The van der Waals surface area contributed by atoms with Crippen molar-refractivity contribution in [3.05, 3.63) is 42.1 Å². The van der Waals surface area contributed by atoms with Crippen LogP contribution in [0.2, 0.25) is 0 Å². The topological polar surface area (TPSA) is 80.3 Å². The minimum absolute atomic E-state index is 0.0576. The van der Waals surface area contributed by atoms with E-state index in [1.54, 1.807) is 23.0 Å². The third-order valence-corrected chi connectivity index (χ3v) is 3.21. The largest absolute Gasteiger partial charge is 0.454 e. The van der Waals surface area contributed by atoms with Gasteiger partial charge in [0.1, 0.15) is 5.76 Å². The van der Waals surface area contributed by atoms with Crippen LogP contribution < -0.4 is 5.32 Å². The number of nitrogens with one attached hydrogen (secondary N) is 1. The fraction of sp³-hybridized carbons (Fsp3) is 0.385. The number of aliphatic hydroxyl groups is 1. The summed E-state index contributed by atoms with van der Waals surface area (Å²) in [7, 11) is 0. The van der Waals surface area contributed by atoms with Crippen LogP contribution in [0.4, 0.5) is 0 Å². The normalized spacial score (nSPS) is 21.9. The first-order chi connectivity index (χ1) is 9.20. The Morgan fingerprint density at radius 1 is 1.53 bits per heavy atom. The molecule has 100 valence electrons. The molecule has 1 amide bonds. The molecule has 0 unspecified atom stereocenters. The van der Waals surface area contributed by atoms with Crippen LogP contribution in [-0.2, 0) is 6.54 Å². The molecule has 3 rings (SSSR count). The van der Waals surface area contributed by atoms with Gasteiger partial charge >= 0.3 is 0 Å². The van der Waals surface area contributed by atoms with Crippen molar-refractivity contribution >= 4 is 5.91 Å². The lowest BCUT2D eigenvalue weighted by Gasteiger charge is -2.31. The van der Waals surface area contributed by atoms with E-state index in [1.165, 1.54) is 0 Å². The van der Waals surface area contributed by atoms with Crippen molar-refractivity contribution in [3.63, 3.8) is 0 Å². The first-order valence-corrected chi connectivity index (χ1v) is 6.26. The van der Waals surface area contributed by atoms with E-state index >= 15 is 0 Å². The quantitative estimate of drug-likeness (QED) is 0.852. The molecule has 0 spiro atoms. The van der Waals surface area contributed by atoms with Gasteiger partial charge in [-0.2, -0.15) is 5.10 Å². The summed E-state index contributed by atoms with van der Waals surface area (Å²) in [6, 6.07) is 5.32. The summed E-state index contributed by atoms with van der Waals surface area (Å²) in [6.07, 6.45) is 4.48. The molecule has 1 fully saturated rings. The lowest BCUT2D eigenvalue weighted by Crippen LogP contribution is -2.46. The van der Waals surface area contributed by atoms with E-state index < -0.39 is 0 Å². The van der Waals surface area contributed by atoms with Crippen molar-refractivity contribution in [2.75, 3.05) is 0 Å². The monoisotopic (exact) mass is 261 g/mol. The van der Waals surface area contributed by atoms with Crippen LogP contribution >= 0.6 is 0 Å². The number of nitrogens with zero attached hydrogens (tertiary/aromatic N) is 2. The molecule has 2 aromatic heterocycles. The number of aromatic nitrogens is 2. The smallest absolute Gasteiger partial charge is 0.287 e. The SMILES string of the molecule is O=C(NC1CC(O)C1)c1ccc(Cn2cccn2)o1. The maximum atomic E-state index is 11.9. The molecule has 6 nitrogen and oxygen atoms in total. The van der Waals surface area contributed by atoms with Gasteiger partial charge in [0.2, 0.25) is 0 Å². The predicted molar refractivity (Wildman–Crippen MR) is 66.5 cm³/mol. The number of hydrogen-bond acceptors (Lipinski definition) is 4. The van der Waals surface area contributed by atoms with Crippen molar-refractivity contribution in [2.24, 2.45) is 0 Å². The van der Waals surface area contributed by atoms with Gasteiger partial charge in [0, 0.05) is 18.4 Å². The second-order valence-electron chi connectivity index (χ2n) is 4.77. The minimum atomic E-state index is -0.280. The second kappa shape index (κ2) is 4.89. The zero-order valence-electron chi connectivity index (χ0n) is 10.3. The standard InChI is InChI=1S/C13H15N3O3/c17-10-6-9(7-10)15-13(18)12-3-2-11(19-12)8-16-5-1-4-14-16/h1-5,9-10,17H,6-8H2,(H,15,18). The Morgan fingerprint density at radius 2 is 2.37 bits per heavy atom. The molecule has 6 heteroatoms. The highest BCUT2D eigenvalue weighted by atomic mass is 16.4. The summed E-state index contributed by atoms with van der Waals surface area (Å²) >= 11 is 0. The molecule has 2 heterocycles. The fourth-order valence-corrected chi connectivity index (χ4v) is 2.10. The van der Waals surface area contributed by atoms with E-state index in [0.29, 0.717) is 30.9 Å². The predicted octanol–water partition coefficient (Wildman–Crippen LogP) is 0.777. The maximum Gasteiger partial charge on any atom is 0.287 e. The van der Waals surface area contributed by atoms with Gasteiger partial charge < -0.3 is 14.8 Å². The Kier molecular flexibility index (Phi) is 3.08. The second-order valence-corrected chi connectivity index (χ2v) is 4.77. The first kappa shape index (κ1) is 12.0. The van der Waals surface area contributed by atoms with Crippen molar-refractivity contribution in [2.45, 2.75) is 31.5 Å².